The van der Waals surface area contributed by atoms with Crippen molar-refractivity contribution >= 4 is 72.6 Å². The lowest BCUT2D eigenvalue weighted by molar-refractivity contribution is 0.0697. The minimum Gasteiger partial charge on any atom is -0.478 e. The summed E-state index contributed by atoms with van der Waals surface area (Å²) in [6.07, 6.45) is 0. The Balaban J connectivity index is 1.46. The number of benzene rings is 7. The van der Waals surface area contributed by atoms with Crippen molar-refractivity contribution < 1.29 is 24.3 Å². The largest absolute Gasteiger partial charge is 0.478 e. The molecule has 8 rings (SSSR count). The van der Waals surface area contributed by atoms with Gasteiger partial charge in [0.05, 0.1) is 12.1 Å². The number of imide groups is 1. The van der Waals surface area contributed by atoms with Gasteiger partial charge in [-0.05, 0) is 62.3 Å². The zero-order chi connectivity index (χ0) is 33.1. The van der Waals surface area contributed by atoms with Crippen LogP contribution >= 0.6 is 0 Å². The quantitative estimate of drug-likeness (QED) is 0.0545. The Labute approximate surface area is 273 Å². The molecule has 5 N–H and O–H groups in total. The number of carbonyl (C=O) groups excluding carboxylic acids is 3. The molecule has 0 aromatic heterocycles. The van der Waals surface area contributed by atoms with Crippen LogP contribution in [0.3, 0.4) is 0 Å². The van der Waals surface area contributed by atoms with Crippen molar-refractivity contribution in [3.8, 4) is 0 Å². The normalized spacial score (nSPS) is 13.0. The van der Waals surface area contributed by atoms with Crippen LogP contribution in [0.5, 0.6) is 0 Å². The molecule has 1 heterocycles. The van der Waals surface area contributed by atoms with Crippen LogP contribution < -0.4 is 16.4 Å². The number of rotatable bonds is 7. The Morgan fingerprint density at radius 2 is 1.25 bits per heavy atom. The summed E-state index contributed by atoms with van der Waals surface area (Å²) in [6, 6.07) is 30.8. The van der Waals surface area contributed by atoms with Crippen LogP contribution in [-0.4, -0.2) is 34.6 Å². The number of amidine groups is 1. The summed E-state index contributed by atoms with van der Waals surface area (Å²) in [5, 5.41) is 20.4. The van der Waals surface area contributed by atoms with E-state index < -0.39 is 17.8 Å². The Morgan fingerprint density at radius 3 is 1.92 bits per heavy atom. The summed E-state index contributed by atoms with van der Waals surface area (Å²) in [4.78, 5) is 57.5. The molecule has 7 aromatic carbocycles. The molecule has 0 atom stereocenters. The molecule has 9 heteroatoms. The van der Waals surface area contributed by atoms with Crippen LogP contribution in [0.1, 0.15) is 58.1 Å². The molecule has 232 valence electrons. The number of carbonyl (C=O) groups is 4. The van der Waals surface area contributed by atoms with E-state index in [0.717, 1.165) is 11.1 Å². The number of hydrogen-bond donors (Lipinski definition) is 4. The summed E-state index contributed by atoms with van der Waals surface area (Å²) < 4.78 is 0. The smallest absolute Gasteiger partial charge is 0.336 e. The third-order valence-corrected chi connectivity index (χ3v) is 9.04. The van der Waals surface area contributed by atoms with Gasteiger partial charge in [-0.3, -0.25) is 24.7 Å². The molecule has 0 fully saturated rings. The van der Waals surface area contributed by atoms with Crippen molar-refractivity contribution in [1.82, 2.24) is 10.6 Å². The molecule has 0 bridgehead atoms. The molecule has 0 aliphatic carbocycles. The van der Waals surface area contributed by atoms with Crippen molar-refractivity contribution in [3.63, 3.8) is 0 Å². The number of aromatic carboxylic acids is 1. The summed E-state index contributed by atoms with van der Waals surface area (Å²) in [6.45, 7) is 0.525. The van der Waals surface area contributed by atoms with E-state index in [1.54, 1.807) is 36.4 Å². The Kier molecular flexibility index (Phi) is 6.62. The molecular weight excluding hydrogens is 604 g/mol. The minimum absolute atomic E-state index is 0.0450. The molecule has 7 aromatic rings. The molecule has 0 saturated heterocycles. The van der Waals surface area contributed by atoms with Crippen molar-refractivity contribution in [1.29, 1.82) is 0 Å². The number of carboxylic acids is 1. The second-order valence-corrected chi connectivity index (χ2v) is 11.8. The van der Waals surface area contributed by atoms with Crippen LogP contribution in [0.25, 0.3) is 43.1 Å². The van der Waals surface area contributed by atoms with E-state index in [-0.39, 0.29) is 30.4 Å². The Hall–Kier alpha value is -6.61. The monoisotopic (exact) mass is 630 g/mol. The van der Waals surface area contributed by atoms with Gasteiger partial charge in [0.15, 0.2) is 0 Å². The van der Waals surface area contributed by atoms with Crippen molar-refractivity contribution in [2.45, 2.75) is 13.1 Å². The fourth-order valence-corrected chi connectivity index (χ4v) is 6.89. The molecule has 3 amide bonds. The summed E-state index contributed by atoms with van der Waals surface area (Å²) >= 11 is 0. The van der Waals surface area contributed by atoms with Crippen LogP contribution in [-0.2, 0) is 13.1 Å². The third-order valence-electron chi connectivity index (χ3n) is 9.04. The van der Waals surface area contributed by atoms with Gasteiger partial charge in [-0.2, -0.15) is 0 Å². The molecule has 48 heavy (non-hydrogen) atoms. The topological polar surface area (TPSA) is 151 Å². The maximum absolute atomic E-state index is 14.0. The zero-order valence-corrected chi connectivity index (χ0v) is 25.3. The minimum atomic E-state index is -1.20. The number of nitrogens with zero attached hydrogens (tertiary/aromatic N) is 1. The van der Waals surface area contributed by atoms with Crippen LogP contribution in [0.15, 0.2) is 108 Å². The summed E-state index contributed by atoms with van der Waals surface area (Å²) in [5.74, 6) is -2.52. The number of aliphatic imine (C=N–C) groups is 1. The molecule has 0 saturated carbocycles. The highest BCUT2D eigenvalue weighted by atomic mass is 16.4. The molecule has 0 unspecified atom stereocenters. The lowest BCUT2D eigenvalue weighted by Crippen LogP contribution is -2.34. The SMILES string of the molecule is NC(=NCc1ccccc1)c1cc(C(=O)O)c2c3ccc4c5c(ccc(c6ccc(C(=O)NCc7ccccc7)c1c62)c53)C(=O)NC4=O. The van der Waals surface area contributed by atoms with Crippen molar-refractivity contribution in [2.24, 2.45) is 10.7 Å². The number of fused-ring (bicyclic) bond motifs is 2. The first-order valence-electron chi connectivity index (χ1n) is 15.3. The van der Waals surface area contributed by atoms with E-state index in [2.05, 4.69) is 15.6 Å². The van der Waals surface area contributed by atoms with Gasteiger partial charge < -0.3 is 16.2 Å². The highest BCUT2D eigenvalue weighted by molar-refractivity contribution is 6.41. The first kappa shape index (κ1) is 28.8. The first-order valence-corrected chi connectivity index (χ1v) is 15.3. The summed E-state index contributed by atoms with van der Waals surface area (Å²) in [7, 11) is 0. The van der Waals surface area contributed by atoms with E-state index >= 15 is 0 Å². The number of amides is 3. The average Bonchev–Trinajstić information content (AvgIpc) is 3.11. The van der Waals surface area contributed by atoms with Crippen molar-refractivity contribution in [3.05, 3.63) is 142 Å². The van der Waals surface area contributed by atoms with Gasteiger partial charge in [0.25, 0.3) is 17.7 Å². The molecule has 1 aliphatic rings. The maximum Gasteiger partial charge on any atom is 0.336 e. The van der Waals surface area contributed by atoms with Gasteiger partial charge in [-0.1, -0.05) is 78.9 Å². The van der Waals surface area contributed by atoms with Crippen molar-refractivity contribution in [2.75, 3.05) is 0 Å². The van der Waals surface area contributed by atoms with Gasteiger partial charge in [0, 0.05) is 45.0 Å². The van der Waals surface area contributed by atoms with Gasteiger partial charge in [-0.25, -0.2) is 4.79 Å². The number of carboxylic acid groups (broad SMARTS) is 1. The van der Waals surface area contributed by atoms with Gasteiger partial charge >= 0.3 is 5.97 Å². The second-order valence-electron chi connectivity index (χ2n) is 11.8. The maximum atomic E-state index is 14.0. The van der Waals surface area contributed by atoms with Crippen LogP contribution in [0.4, 0.5) is 0 Å². The van der Waals surface area contributed by atoms with Gasteiger partial charge in [-0.15, -0.1) is 0 Å². The van der Waals surface area contributed by atoms with E-state index in [0.29, 0.717) is 65.3 Å². The predicted octanol–water partition coefficient (Wildman–Crippen LogP) is 6.15. The third kappa shape index (κ3) is 4.44. The molecule has 9 nitrogen and oxygen atoms in total. The van der Waals surface area contributed by atoms with E-state index in [4.69, 9.17) is 5.73 Å². The van der Waals surface area contributed by atoms with E-state index in [1.165, 1.54) is 6.07 Å². The fraction of sp³-hybridized carbons (Fsp3) is 0.0513. The molecular formula is C39H26N4O5. The summed E-state index contributed by atoms with van der Waals surface area (Å²) in [5.41, 5.74) is 9.74. The Bertz CT molecular complexity index is 2520. The Morgan fingerprint density at radius 1 is 0.646 bits per heavy atom. The molecule has 1 aliphatic heterocycles. The zero-order valence-electron chi connectivity index (χ0n) is 25.3. The van der Waals surface area contributed by atoms with E-state index in [9.17, 15) is 24.3 Å². The molecule has 0 spiro atoms. The van der Waals surface area contributed by atoms with Crippen LogP contribution in [0.2, 0.25) is 0 Å². The lowest BCUT2D eigenvalue weighted by Gasteiger charge is -2.23. The standard InChI is InChI=1S/C39H26N4O5/c40-35(41-18-20-7-3-1-4-8-20)28-17-29(39(47)48)31-24-13-16-27-32-26(37(45)43-38(27)46)15-11-22(30(24)32)23-12-14-25(33(28)34(23)31)36(44)42-19-21-9-5-2-6-10-21/h1-17H,18-19H2,(H2,40,41)(H,42,44)(H,47,48)(H,43,45,46). The predicted molar refractivity (Wildman–Crippen MR) is 185 cm³/mol. The lowest BCUT2D eigenvalue weighted by atomic mass is 9.81. The fourth-order valence-electron chi connectivity index (χ4n) is 6.89. The highest BCUT2D eigenvalue weighted by Crippen LogP contribution is 2.46. The molecule has 0 radical (unpaired) electrons. The number of nitrogens with two attached hydrogens (primary N) is 1. The number of hydrogen-bond acceptors (Lipinski definition) is 5. The van der Waals surface area contributed by atoms with Gasteiger partial charge in [0.1, 0.15) is 5.84 Å². The van der Waals surface area contributed by atoms with Crippen LogP contribution in [0, 0.1) is 0 Å². The highest BCUT2D eigenvalue weighted by Gasteiger charge is 2.30. The van der Waals surface area contributed by atoms with E-state index in [1.807, 2.05) is 60.7 Å². The number of nitrogens with one attached hydrogen (secondary N) is 2. The first-order chi connectivity index (χ1) is 23.3. The average molecular weight is 631 g/mol. The van der Waals surface area contributed by atoms with Gasteiger partial charge in [0.2, 0.25) is 0 Å². The second kappa shape index (κ2) is 11.0.